The molecule has 6 heterocycles. The Morgan fingerprint density at radius 3 is 1.86 bits per heavy atom. The predicted octanol–water partition coefficient (Wildman–Crippen LogP) is -1.54. The normalized spacial score (nSPS) is 44.6. The molecular weight excluding hydrogens is 538 g/mol. The third kappa shape index (κ3) is 4.54. The largest absolute Gasteiger partial charge is 0.481 e. The van der Waals surface area contributed by atoms with Gasteiger partial charge in [0, 0.05) is 0 Å². The number of aliphatic hydroxyl groups is 4. The first kappa shape index (κ1) is 25.4. The number of hydrogen-bond acceptors (Lipinski definition) is 14. The van der Waals surface area contributed by atoms with Crippen LogP contribution in [-0.2, 0) is 32.0 Å². The number of aromatic nitrogens is 4. The highest BCUT2D eigenvalue weighted by Crippen LogP contribution is 2.60. The maximum absolute atomic E-state index is 12.2. The Labute approximate surface area is 200 Å². The third-order valence-corrected chi connectivity index (χ3v) is 8.75. The van der Waals surface area contributed by atoms with Crippen LogP contribution < -0.4 is 0 Å². The van der Waals surface area contributed by atoms with E-state index in [1.165, 1.54) is 21.8 Å². The van der Waals surface area contributed by atoms with E-state index in [9.17, 15) is 39.3 Å². The van der Waals surface area contributed by atoms with Crippen LogP contribution in [0, 0.1) is 4.64 Å². The SMILES string of the molecule is O=P1(O)OC[C@H]2O[C@H]([C@H](O)[C@@H]2O)n2cnc3c(ncn3[C@@H]3O[C@H](COP(=O)(O)O1)[C@@H](O)[C@H]3O)c2=S. The molecule has 2 aromatic heterocycles. The summed E-state index contributed by atoms with van der Waals surface area (Å²) in [4.78, 5) is 28.0. The average molecular weight is 558 g/mol. The first-order chi connectivity index (χ1) is 16.4. The number of phosphoric ester groups is 2. The molecule has 6 N–H and O–H groups in total. The van der Waals surface area contributed by atoms with Gasteiger partial charge in [-0.15, -0.1) is 0 Å². The number of hydrogen-bond donors (Lipinski definition) is 6. The Balaban J connectivity index is 1.58. The summed E-state index contributed by atoms with van der Waals surface area (Å²) in [6, 6.07) is 0. The number of ether oxygens (including phenoxy) is 2. The second-order valence-electron chi connectivity index (χ2n) is 7.98. The molecule has 0 aromatic carbocycles. The second-order valence-corrected chi connectivity index (χ2v) is 11.4. The average Bonchev–Trinajstić information content (AvgIpc) is 3.41. The van der Waals surface area contributed by atoms with Crippen molar-refractivity contribution in [3.05, 3.63) is 17.3 Å². The van der Waals surface area contributed by atoms with Gasteiger partial charge in [-0.25, -0.2) is 19.1 Å². The molecule has 20 heteroatoms. The van der Waals surface area contributed by atoms with Crippen LogP contribution in [0.1, 0.15) is 12.5 Å². The van der Waals surface area contributed by atoms with E-state index in [1.807, 2.05) is 0 Å². The molecule has 2 fully saturated rings. The second kappa shape index (κ2) is 8.97. The minimum Gasteiger partial charge on any atom is -0.387 e. The minimum atomic E-state index is -5.24. The summed E-state index contributed by atoms with van der Waals surface area (Å²) in [5, 5.41) is 41.6. The molecule has 0 saturated carbocycles. The molecule has 0 radical (unpaired) electrons. The molecule has 2 aromatic rings. The van der Waals surface area contributed by atoms with E-state index in [0.29, 0.717) is 0 Å². The molecule has 35 heavy (non-hydrogen) atoms. The summed E-state index contributed by atoms with van der Waals surface area (Å²) in [7, 11) is -10.5. The lowest BCUT2D eigenvalue weighted by Gasteiger charge is -2.21. The van der Waals surface area contributed by atoms with Gasteiger partial charge in [0.2, 0.25) is 0 Å². The van der Waals surface area contributed by atoms with Crippen LogP contribution in [-0.4, -0.2) is 99.2 Å². The van der Waals surface area contributed by atoms with Gasteiger partial charge in [-0.05, 0) is 0 Å². The zero-order valence-electron chi connectivity index (χ0n) is 17.3. The van der Waals surface area contributed by atoms with E-state index >= 15 is 0 Å². The molecule has 8 bridgehead atoms. The summed E-state index contributed by atoms with van der Waals surface area (Å²) in [5.41, 5.74) is 0.266. The zero-order valence-corrected chi connectivity index (χ0v) is 19.9. The third-order valence-electron chi connectivity index (χ3n) is 5.74. The lowest BCUT2D eigenvalue weighted by Crippen LogP contribution is -2.34. The number of fused-ring (bicyclic) bond motifs is 7. The van der Waals surface area contributed by atoms with E-state index in [4.69, 9.17) is 21.7 Å². The zero-order chi connectivity index (χ0) is 25.3. The number of aliphatic hydroxyl groups excluding tert-OH is 4. The summed E-state index contributed by atoms with van der Waals surface area (Å²) in [5.74, 6) is 0. The van der Waals surface area contributed by atoms with Gasteiger partial charge in [0.1, 0.15) is 53.1 Å². The van der Waals surface area contributed by atoms with E-state index in [1.54, 1.807) is 0 Å². The van der Waals surface area contributed by atoms with Gasteiger partial charge < -0.3 is 39.7 Å². The van der Waals surface area contributed by atoms with E-state index in [2.05, 4.69) is 23.3 Å². The van der Waals surface area contributed by atoms with Crippen LogP contribution >= 0.6 is 27.9 Å². The molecular formula is C15H20N4O13P2S. The van der Waals surface area contributed by atoms with Crippen molar-refractivity contribution in [1.82, 2.24) is 19.1 Å². The Morgan fingerprint density at radius 1 is 0.829 bits per heavy atom. The number of nitrogens with zero attached hydrogens (tertiary/aromatic N) is 4. The molecule has 10 atom stereocenters. The number of rotatable bonds is 0. The van der Waals surface area contributed by atoms with Crippen molar-refractivity contribution in [3.8, 4) is 0 Å². The molecule has 4 aliphatic heterocycles. The van der Waals surface area contributed by atoms with E-state index in [-0.39, 0.29) is 15.8 Å². The van der Waals surface area contributed by atoms with Gasteiger partial charge in [-0.1, -0.05) is 12.2 Å². The monoisotopic (exact) mass is 558 g/mol. The first-order valence-corrected chi connectivity index (χ1v) is 13.4. The van der Waals surface area contributed by atoms with Crippen molar-refractivity contribution >= 4 is 39.0 Å². The molecule has 4 aliphatic rings. The van der Waals surface area contributed by atoms with Crippen LogP contribution in [0.15, 0.2) is 12.7 Å². The molecule has 0 aliphatic carbocycles. The molecule has 6 rings (SSSR count). The van der Waals surface area contributed by atoms with E-state index < -0.39 is 77.9 Å². The quantitative estimate of drug-likeness (QED) is 0.159. The number of imidazole rings is 1. The van der Waals surface area contributed by atoms with Gasteiger partial charge in [-0.2, -0.15) is 4.31 Å². The van der Waals surface area contributed by atoms with Crippen molar-refractivity contribution in [2.24, 2.45) is 0 Å². The Bertz CT molecular complexity index is 1290. The summed E-state index contributed by atoms with van der Waals surface area (Å²) >= 11 is 5.43. The number of phosphoric acid groups is 2. The van der Waals surface area contributed by atoms with Gasteiger partial charge in [0.15, 0.2) is 18.1 Å². The van der Waals surface area contributed by atoms with Crippen LogP contribution in [0.4, 0.5) is 0 Å². The van der Waals surface area contributed by atoms with Crippen molar-refractivity contribution < 1.29 is 62.2 Å². The fraction of sp³-hybridized carbons (Fsp3) is 0.667. The van der Waals surface area contributed by atoms with E-state index in [0.717, 1.165) is 0 Å². The highest BCUT2D eigenvalue weighted by atomic mass is 32.1. The van der Waals surface area contributed by atoms with Crippen LogP contribution in [0.3, 0.4) is 0 Å². The predicted molar refractivity (Wildman–Crippen MR) is 111 cm³/mol. The van der Waals surface area contributed by atoms with Crippen molar-refractivity contribution in [3.63, 3.8) is 0 Å². The van der Waals surface area contributed by atoms with Crippen LogP contribution in [0.5, 0.6) is 0 Å². The summed E-state index contributed by atoms with van der Waals surface area (Å²) < 4.78 is 51.5. The molecule has 2 saturated heterocycles. The Kier molecular flexibility index (Phi) is 6.52. The molecule has 0 spiro atoms. The first-order valence-electron chi connectivity index (χ1n) is 10.0. The lowest BCUT2D eigenvalue weighted by molar-refractivity contribution is -0.0555. The standard InChI is InChI=1S/C15H20N4O13P2S/c20-8-5-1-28-33(24,25)32-34(26,27)29-2-6-9(21)11(23)14(31-6)19-4-17-12-7(15(19)35)16-3-18(12)13(30-5)10(8)22/h3-6,8-11,13-14,20-23H,1-2H2,(H,24,25)(H,26,27)/t5-,6-,8-,9-,10-,11-,13-,14-/m1/s1. The molecule has 0 amide bonds. The smallest absolute Gasteiger partial charge is 0.387 e. The van der Waals surface area contributed by atoms with Gasteiger partial charge in [0.05, 0.1) is 19.5 Å². The van der Waals surface area contributed by atoms with Crippen molar-refractivity contribution in [2.75, 3.05) is 13.2 Å². The minimum absolute atomic E-state index is 0.0259. The fourth-order valence-corrected chi connectivity index (χ4v) is 6.38. The van der Waals surface area contributed by atoms with Crippen molar-refractivity contribution in [1.29, 1.82) is 0 Å². The Morgan fingerprint density at radius 2 is 1.31 bits per heavy atom. The molecule has 194 valence electrons. The molecule has 2 unspecified atom stereocenters. The van der Waals surface area contributed by atoms with Gasteiger partial charge in [-0.3, -0.25) is 18.2 Å². The van der Waals surface area contributed by atoms with Crippen molar-refractivity contribution in [2.45, 2.75) is 49.1 Å². The Hall–Kier alpha value is -1.21. The maximum atomic E-state index is 12.2. The van der Waals surface area contributed by atoms with Crippen LogP contribution in [0.25, 0.3) is 11.2 Å². The fourth-order valence-electron chi connectivity index (χ4n) is 4.00. The topological polar surface area (TPSA) is 237 Å². The highest BCUT2D eigenvalue weighted by Gasteiger charge is 2.48. The highest BCUT2D eigenvalue weighted by molar-refractivity contribution is 7.71. The van der Waals surface area contributed by atoms with Crippen LogP contribution in [0.2, 0.25) is 0 Å². The van der Waals surface area contributed by atoms with Gasteiger partial charge >= 0.3 is 15.6 Å². The van der Waals surface area contributed by atoms with Gasteiger partial charge in [0.25, 0.3) is 0 Å². The lowest BCUT2D eigenvalue weighted by atomic mass is 10.1. The summed E-state index contributed by atoms with van der Waals surface area (Å²) in [6.45, 7) is -1.66. The maximum Gasteiger partial charge on any atom is 0.481 e. The summed E-state index contributed by atoms with van der Waals surface area (Å²) in [6.07, 6.45) is -9.25. The molecule has 17 nitrogen and oxygen atoms in total.